The van der Waals surface area contributed by atoms with Crippen LogP contribution in [0.25, 0.3) is 5.69 Å². The van der Waals surface area contributed by atoms with Crippen LogP contribution in [0.5, 0.6) is 0 Å². The van der Waals surface area contributed by atoms with E-state index < -0.39 is 0 Å². The molecule has 16 heavy (non-hydrogen) atoms. The molecule has 0 atom stereocenters. The predicted octanol–water partition coefficient (Wildman–Crippen LogP) is 1.74. The second-order valence-corrected chi connectivity index (χ2v) is 3.62. The summed E-state index contributed by atoms with van der Waals surface area (Å²) in [5.74, 6) is -0.363. The Hall–Kier alpha value is -1.82. The number of hydrogen-bond acceptors (Lipinski definition) is 3. The molecule has 0 saturated heterocycles. The molecular formula is C10H8FN3OS. The fourth-order valence-corrected chi connectivity index (χ4v) is 1.54. The molecule has 0 amide bonds. The minimum atomic E-state index is -0.363. The topological polar surface area (TPSA) is 50.7 Å². The molecule has 82 valence electrons. The Bertz CT molecular complexity index is 630. The van der Waals surface area contributed by atoms with Crippen molar-refractivity contribution in [2.45, 2.75) is 6.92 Å². The molecule has 1 aromatic heterocycles. The van der Waals surface area contributed by atoms with E-state index in [-0.39, 0.29) is 16.1 Å². The third-order valence-electron chi connectivity index (χ3n) is 2.12. The van der Waals surface area contributed by atoms with Gasteiger partial charge in [0, 0.05) is 0 Å². The normalized spacial score (nSPS) is 10.4. The van der Waals surface area contributed by atoms with Crippen LogP contribution in [0.3, 0.4) is 0 Å². The van der Waals surface area contributed by atoms with Gasteiger partial charge in [-0.3, -0.25) is 14.5 Å². The van der Waals surface area contributed by atoms with Gasteiger partial charge >= 0.3 is 0 Å². The maximum absolute atomic E-state index is 12.7. The van der Waals surface area contributed by atoms with Crippen molar-refractivity contribution in [3.8, 4) is 5.69 Å². The minimum absolute atomic E-state index is 0.183. The molecule has 4 nitrogen and oxygen atoms in total. The van der Waals surface area contributed by atoms with Crippen molar-refractivity contribution >= 4 is 12.2 Å². The quantitative estimate of drug-likeness (QED) is 0.768. The van der Waals surface area contributed by atoms with Gasteiger partial charge in [0.15, 0.2) is 0 Å². The van der Waals surface area contributed by atoms with Crippen LogP contribution in [0.1, 0.15) is 5.69 Å². The zero-order valence-electron chi connectivity index (χ0n) is 8.40. The van der Waals surface area contributed by atoms with Crippen LogP contribution in [0.2, 0.25) is 0 Å². The van der Waals surface area contributed by atoms with E-state index in [0.717, 1.165) is 0 Å². The lowest BCUT2D eigenvalue weighted by atomic mass is 10.3. The summed E-state index contributed by atoms with van der Waals surface area (Å²) >= 11 is 4.97. The maximum atomic E-state index is 12.7. The summed E-state index contributed by atoms with van der Waals surface area (Å²) in [6.45, 7) is 1.58. The van der Waals surface area contributed by atoms with Crippen molar-refractivity contribution in [1.82, 2.24) is 14.8 Å². The summed E-state index contributed by atoms with van der Waals surface area (Å²) in [6, 6.07) is 5.51. The van der Waals surface area contributed by atoms with Crippen molar-refractivity contribution in [3.63, 3.8) is 0 Å². The van der Waals surface area contributed by atoms with Crippen LogP contribution in [0.4, 0.5) is 4.39 Å². The molecule has 0 aliphatic rings. The highest BCUT2D eigenvalue weighted by atomic mass is 32.1. The number of benzene rings is 1. The predicted molar refractivity (Wildman–Crippen MR) is 59.7 cm³/mol. The van der Waals surface area contributed by atoms with Gasteiger partial charge in [0.05, 0.1) is 5.69 Å². The van der Waals surface area contributed by atoms with E-state index in [2.05, 4.69) is 10.2 Å². The van der Waals surface area contributed by atoms with Gasteiger partial charge in [0.25, 0.3) is 5.56 Å². The Morgan fingerprint density at radius 2 is 2.00 bits per heavy atom. The van der Waals surface area contributed by atoms with E-state index in [1.807, 2.05) is 0 Å². The van der Waals surface area contributed by atoms with Crippen LogP contribution in [-0.2, 0) is 0 Å². The Morgan fingerprint density at radius 3 is 2.62 bits per heavy atom. The summed E-state index contributed by atoms with van der Waals surface area (Å²) in [5.41, 5.74) is 0.506. The zero-order valence-corrected chi connectivity index (χ0v) is 9.21. The van der Waals surface area contributed by atoms with Gasteiger partial charge in [0.1, 0.15) is 11.5 Å². The van der Waals surface area contributed by atoms with Gasteiger partial charge in [0.2, 0.25) is 4.77 Å². The number of aromatic amines is 1. The maximum Gasteiger partial charge on any atom is 0.280 e. The summed E-state index contributed by atoms with van der Waals surface area (Å²) in [4.78, 5) is 11.8. The fourth-order valence-electron chi connectivity index (χ4n) is 1.31. The van der Waals surface area contributed by atoms with Gasteiger partial charge in [-0.15, -0.1) is 0 Å². The highest BCUT2D eigenvalue weighted by Crippen LogP contribution is 2.06. The molecule has 2 aromatic rings. The Balaban J connectivity index is 2.74. The van der Waals surface area contributed by atoms with E-state index in [9.17, 15) is 9.18 Å². The van der Waals surface area contributed by atoms with Crippen LogP contribution in [-0.4, -0.2) is 14.8 Å². The van der Waals surface area contributed by atoms with Crippen molar-refractivity contribution in [1.29, 1.82) is 0 Å². The van der Waals surface area contributed by atoms with E-state index in [1.54, 1.807) is 6.92 Å². The lowest BCUT2D eigenvalue weighted by Crippen LogP contribution is -2.23. The Kier molecular flexibility index (Phi) is 2.66. The van der Waals surface area contributed by atoms with E-state index in [0.29, 0.717) is 11.4 Å². The lowest BCUT2D eigenvalue weighted by molar-refractivity contribution is 0.627. The molecule has 1 N–H and O–H groups in total. The first-order chi connectivity index (χ1) is 7.59. The standard InChI is InChI=1S/C10H8FN3OS/c1-6-9(15)14(10(16)13-12-6)8-4-2-7(11)3-5-8/h2-5H,1H3,(H,13,16). The molecule has 6 heteroatoms. The zero-order chi connectivity index (χ0) is 11.7. The third kappa shape index (κ3) is 1.79. The number of H-pyrrole nitrogens is 1. The van der Waals surface area contributed by atoms with Crippen LogP contribution >= 0.6 is 12.2 Å². The van der Waals surface area contributed by atoms with E-state index in [4.69, 9.17) is 12.2 Å². The minimum Gasteiger partial charge on any atom is -0.267 e. The average Bonchev–Trinajstić information content (AvgIpc) is 2.27. The molecule has 0 fully saturated rings. The van der Waals surface area contributed by atoms with Crippen LogP contribution < -0.4 is 5.56 Å². The van der Waals surface area contributed by atoms with Crippen molar-refractivity contribution < 1.29 is 4.39 Å². The first-order valence-corrected chi connectivity index (χ1v) is 4.94. The van der Waals surface area contributed by atoms with Crippen molar-refractivity contribution in [3.05, 3.63) is 50.9 Å². The number of rotatable bonds is 1. The smallest absolute Gasteiger partial charge is 0.267 e. The molecular weight excluding hydrogens is 229 g/mol. The van der Waals surface area contributed by atoms with Gasteiger partial charge in [-0.2, -0.15) is 5.10 Å². The summed E-state index contributed by atoms with van der Waals surface area (Å²) < 4.78 is 14.2. The highest BCUT2D eigenvalue weighted by Gasteiger charge is 2.05. The Morgan fingerprint density at radius 1 is 1.38 bits per heavy atom. The molecule has 1 heterocycles. The molecule has 2 rings (SSSR count). The van der Waals surface area contributed by atoms with Crippen LogP contribution in [0.15, 0.2) is 29.1 Å². The molecule has 0 aliphatic heterocycles. The number of aryl methyl sites for hydroxylation is 1. The molecule has 0 spiro atoms. The van der Waals surface area contributed by atoms with E-state index in [1.165, 1.54) is 28.8 Å². The molecule has 0 saturated carbocycles. The third-order valence-corrected chi connectivity index (χ3v) is 2.39. The monoisotopic (exact) mass is 237 g/mol. The van der Waals surface area contributed by atoms with E-state index >= 15 is 0 Å². The highest BCUT2D eigenvalue weighted by molar-refractivity contribution is 7.71. The van der Waals surface area contributed by atoms with Gasteiger partial charge < -0.3 is 0 Å². The number of nitrogens with zero attached hydrogens (tertiary/aromatic N) is 2. The second kappa shape index (κ2) is 3.97. The second-order valence-electron chi connectivity index (χ2n) is 3.23. The summed E-state index contributed by atoms with van der Waals surface area (Å²) in [7, 11) is 0. The summed E-state index contributed by atoms with van der Waals surface area (Å²) in [6.07, 6.45) is 0. The van der Waals surface area contributed by atoms with Gasteiger partial charge in [-0.1, -0.05) is 0 Å². The molecule has 0 radical (unpaired) electrons. The molecule has 0 bridgehead atoms. The van der Waals surface area contributed by atoms with Crippen molar-refractivity contribution in [2.24, 2.45) is 0 Å². The summed E-state index contributed by atoms with van der Waals surface area (Å²) in [5, 5.41) is 6.30. The van der Waals surface area contributed by atoms with Gasteiger partial charge in [-0.25, -0.2) is 4.39 Å². The average molecular weight is 237 g/mol. The number of aromatic nitrogens is 3. The molecule has 0 aliphatic carbocycles. The Labute approximate surface area is 95.4 Å². The first kappa shape index (κ1) is 10.7. The number of hydrogen-bond donors (Lipinski definition) is 1. The number of halogens is 1. The van der Waals surface area contributed by atoms with Crippen LogP contribution in [0, 0.1) is 17.5 Å². The molecule has 1 aromatic carbocycles. The largest absolute Gasteiger partial charge is 0.280 e. The lowest BCUT2D eigenvalue weighted by Gasteiger charge is -2.05. The SMILES string of the molecule is Cc1n[nH]c(=S)n(-c2ccc(F)cc2)c1=O. The number of nitrogens with one attached hydrogen (secondary N) is 1. The molecule has 0 unspecified atom stereocenters. The fraction of sp³-hybridized carbons (Fsp3) is 0.100. The first-order valence-electron chi connectivity index (χ1n) is 4.54. The van der Waals surface area contributed by atoms with Crippen molar-refractivity contribution in [2.75, 3.05) is 0 Å². The van der Waals surface area contributed by atoms with Gasteiger partial charge in [-0.05, 0) is 43.4 Å².